The molecule has 5 rings (SSSR count). The van der Waals surface area contributed by atoms with E-state index in [1.54, 1.807) is 30.3 Å². The normalized spacial score (nSPS) is 19.0. The molecule has 3 aliphatic heterocycles. The predicted molar refractivity (Wildman–Crippen MR) is 127 cm³/mol. The van der Waals surface area contributed by atoms with Crippen LogP contribution in [0.3, 0.4) is 0 Å². The number of hydrogen-bond acceptors (Lipinski definition) is 7. The highest BCUT2D eigenvalue weighted by Crippen LogP contribution is 2.34. The van der Waals surface area contributed by atoms with Gasteiger partial charge in [0.25, 0.3) is 5.91 Å². The first kappa shape index (κ1) is 22.9. The van der Waals surface area contributed by atoms with Crippen LogP contribution in [-0.2, 0) is 14.8 Å². The average Bonchev–Trinajstić information content (AvgIpc) is 3.30. The van der Waals surface area contributed by atoms with Gasteiger partial charge in [-0.2, -0.15) is 4.31 Å². The van der Waals surface area contributed by atoms with Gasteiger partial charge in [-0.15, -0.1) is 0 Å². The molecule has 1 N–H and O–H groups in total. The van der Waals surface area contributed by atoms with E-state index in [2.05, 4.69) is 10.2 Å². The Bertz CT molecular complexity index is 1160. The van der Waals surface area contributed by atoms with Gasteiger partial charge in [0.1, 0.15) is 0 Å². The lowest BCUT2D eigenvalue weighted by Gasteiger charge is -2.27. The van der Waals surface area contributed by atoms with E-state index in [9.17, 15) is 13.2 Å². The highest BCUT2D eigenvalue weighted by Gasteiger charge is 2.29. The number of nitrogens with zero attached hydrogens (tertiary/aromatic N) is 2. The first-order chi connectivity index (χ1) is 16.5. The molecule has 0 atom stereocenters. The maximum Gasteiger partial charge on any atom is 0.257 e. The second kappa shape index (κ2) is 9.81. The Morgan fingerprint density at radius 2 is 1.56 bits per heavy atom. The first-order valence-corrected chi connectivity index (χ1v) is 13.1. The summed E-state index contributed by atoms with van der Waals surface area (Å²) >= 11 is 0. The van der Waals surface area contributed by atoms with E-state index in [1.807, 2.05) is 0 Å². The van der Waals surface area contributed by atoms with Crippen molar-refractivity contribution in [1.29, 1.82) is 0 Å². The predicted octanol–water partition coefficient (Wildman–Crippen LogP) is 2.72. The molecule has 0 aliphatic carbocycles. The molecule has 0 radical (unpaired) electrons. The van der Waals surface area contributed by atoms with Crippen LogP contribution in [0.25, 0.3) is 0 Å². The molecule has 10 heteroatoms. The molecule has 3 heterocycles. The van der Waals surface area contributed by atoms with E-state index in [-0.39, 0.29) is 10.8 Å². The summed E-state index contributed by atoms with van der Waals surface area (Å²) in [4.78, 5) is 15.7. The molecule has 0 saturated carbocycles. The van der Waals surface area contributed by atoms with Crippen molar-refractivity contribution in [2.45, 2.75) is 24.2 Å². The average molecular weight is 488 g/mol. The Balaban J connectivity index is 1.46. The Hall–Kier alpha value is -2.82. The van der Waals surface area contributed by atoms with Gasteiger partial charge in [-0.05, 0) is 43.2 Å². The number of carbonyl (C=O) groups excluding carboxylic acids is 1. The smallest absolute Gasteiger partial charge is 0.257 e. The van der Waals surface area contributed by atoms with Crippen LogP contribution in [0.2, 0.25) is 0 Å². The number of fused-ring (bicyclic) bond motifs is 1. The van der Waals surface area contributed by atoms with Crippen LogP contribution in [0, 0.1) is 0 Å². The number of ether oxygens (including phenoxy) is 3. The minimum atomic E-state index is -3.73. The Labute approximate surface area is 199 Å². The van der Waals surface area contributed by atoms with Gasteiger partial charge in [0, 0.05) is 50.0 Å². The van der Waals surface area contributed by atoms with Crippen molar-refractivity contribution in [2.75, 3.05) is 62.8 Å². The number of hydrogen-bond donors (Lipinski definition) is 1. The van der Waals surface area contributed by atoms with Crippen molar-refractivity contribution >= 4 is 27.3 Å². The number of carbonyl (C=O) groups is 1. The number of amides is 1. The monoisotopic (exact) mass is 487 g/mol. The molecule has 2 fully saturated rings. The molecule has 0 aromatic heterocycles. The lowest BCUT2D eigenvalue weighted by molar-refractivity contribution is 0.0730. The number of benzene rings is 2. The summed E-state index contributed by atoms with van der Waals surface area (Å²) in [5, 5.41) is 2.92. The molecule has 3 aliphatic rings. The third-order valence-electron chi connectivity index (χ3n) is 6.27. The van der Waals surface area contributed by atoms with Crippen molar-refractivity contribution in [3.8, 4) is 11.5 Å². The van der Waals surface area contributed by atoms with Gasteiger partial charge in [-0.3, -0.25) is 4.79 Å². The van der Waals surface area contributed by atoms with Gasteiger partial charge < -0.3 is 24.4 Å². The van der Waals surface area contributed by atoms with Gasteiger partial charge in [0.2, 0.25) is 10.0 Å². The summed E-state index contributed by atoms with van der Waals surface area (Å²) in [6.07, 6.45) is 2.87. The Kier molecular flexibility index (Phi) is 6.62. The molecule has 2 saturated heterocycles. The summed E-state index contributed by atoms with van der Waals surface area (Å²) in [5.41, 5.74) is 1.64. The van der Waals surface area contributed by atoms with Crippen molar-refractivity contribution < 1.29 is 27.4 Å². The fourth-order valence-electron chi connectivity index (χ4n) is 4.47. The van der Waals surface area contributed by atoms with Gasteiger partial charge in [-0.1, -0.05) is 0 Å². The van der Waals surface area contributed by atoms with E-state index >= 15 is 0 Å². The van der Waals surface area contributed by atoms with Crippen LogP contribution in [0.4, 0.5) is 11.4 Å². The van der Waals surface area contributed by atoms with Crippen LogP contribution >= 0.6 is 0 Å². The zero-order valence-electron chi connectivity index (χ0n) is 19.0. The van der Waals surface area contributed by atoms with E-state index in [4.69, 9.17) is 14.2 Å². The first-order valence-electron chi connectivity index (χ1n) is 11.7. The quantitative estimate of drug-likeness (QED) is 0.693. The molecule has 34 heavy (non-hydrogen) atoms. The van der Waals surface area contributed by atoms with Gasteiger partial charge in [-0.25, -0.2) is 8.42 Å². The van der Waals surface area contributed by atoms with Crippen molar-refractivity contribution in [2.24, 2.45) is 0 Å². The van der Waals surface area contributed by atoms with Gasteiger partial charge in [0.05, 0.1) is 36.9 Å². The third kappa shape index (κ3) is 4.70. The maximum atomic E-state index is 13.4. The lowest BCUT2D eigenvalue weighted by Crippen LogP contribution is -2.40. The zero-order valence-corrected chi connectivity index (χ0v) is 19.8. The van der Waals surface area contributed by atoms with Crippen LogP contribution < -0.4 is 19.7 Å². The SMILES string of the molecule is O=C(Nc1ccc2c(c1)OCCCO2)c1cc(S(=O)(=O)N2CCOCC2)ccc1N1CCCC1. The second-order valence-corrected chi connectivity index (χ2v) is 10.5. The number of anilines is 2. The third-order valence-corrected chi connectivity index (χ3v) is 8.17. The summed E-state index contributed by atoms with van der Waals surface area (Å²) in [5.74, 6) is 0.862. The maximum absolute atomic E-state index is 13.4. The standard InChI is InChI=1S/C24H29N3O6S/c28-24(25-18-4-7-22-23(16-18)33-13-3-12-32-22)20-17-19(5-6-21(20)26-8-1-2-9-26)34(29,30)27-10-14-31-15-11-27/h4-7,16-17H,1-3,8-15H2,(H,25,28). The molecule has 0 spiro atoms. The van der Waals surface area contributed by atoms with Crippen molar-refractivity contribution in [1.82, 2.24) is 4.31 Å². The lowest BCUT2D eigenvalue weighted by atomic mass is 10.1. The van der Waals surface area contributed by atoms with E-state index < -0.39 is 10.0 Å². The number of rotatable bonds is 5. The summed E-state index contributed by atoms with van der Waals surface area (Å²) in [6, 6.07) is 10.1. The molecule has 182 valence electrons. The van der Waals surface area contributed by atoms with Crippen molar-refractivity contribution in [3.63, 3.8) is 0 Å². The molecular weight excluding hydrogens is 458 g/mol. The van der Waals surface area contributed by atoms with Crippen molar-refractivity contribution in [3.05, 3.63) is 42.0 Å². The topological polar surface area (TPSA) is 97.4 Å². The molecule has 1 amide bonds. The van der Waals surface area contributed by atoms with Crippen LogP contribution in [0.15, 0.2) is 41.3 Å². The van der Waals surface area contributed by atoms with E-state index in [1.165, 1.54) is 10.4 Å². The molecule has 0 bridgehead atoms. The number of morpholine rings is 1. The number of sulfonamides is 1. The van der Waals surface area contributed by atoms with E-state index in [0.29, 0.717) is 62.3 Å². The Morgan fingerprint density at radius 1 is 0.824 bits per heavy atom. The fourth-order valence-corrected chi connectivity index (χ4v) is 5.90. The molecule has 0 unspecified atom stereocenters. The summed E-state index contributed by atoms with van der Waals surface area (Å²) < 4.78 is 44.6. The van der Waals surface area contributed by atoms with E-state index in [0.717, 1.165) is 38.0 Å². The van der Waals surface area contributed by atoms with Gasteiger partial charge >= 0.3 is 0 Å². The second-order valence-electron chi connectivity index (χ2n) is 8.56. The minimum Gasteiger partial charge on any atom is -0.490 e. The van der Waals surface area contributed by atoms with Crippen LogP contribution in [0.1, 0.15) is 29.6 Å². The molecule has 9 nitrogen and oxygen atoms in total. The van der Waals surface area contributed by atoms with Gasteiger partial charge in [0.15, 0.2) is 11.5 Å². The molecule has 2 aromatic rings. The Morgan fingerprint density at radius 3 is 2.32 bits per heavy atom. The largest absolute Gasteiger partial charge is 0.490 e. The minimum absolute atomic E-state index is 0.112. The highest BCUT2D eigenvalue weighted by molar-refractivity contribution is 7.89. The highest BCUT2D eigenvalue weighted by atomic mass is 32.2. The zero-order chi connectivity index (χ0) is 23.5. The summed E-state index contributed by atoms with van der Waals surface area (Å²) in [7, 11) is -3.73. The van der Waals surface area contributed by atoms with Crippen LogP contribution in [-0.4, -0.2) is 71.2 Å². The fraction of sp³-hybridized carbons (Fsp3) is 0.458. The summed E-state index contributed by atoms with van der Waals surface area (Å²) in [6.45, 7) is 4.13. The number of nitrogens with one attached hydrogen (secondary N) is 1. The van der Waals surface area contributed by atoms with Crippen LogP contribution in [0.5, 0.6) is 11.5 Å². The molecule has 2 aromatic carbocycles. The molecular formula is C24H29N3O6S.